The number of amides is 1. The van der Waals surface area contributed by atoms with Crippen LogP contribution in [0.4, 0.5) is 15.8 Å². The fourth-order valence-electron chi connectivity index (χ4n) is 2.27. The molecule has 1 aromatic rings. The first-order valence-electron chi connectivity index (χ1n) is 5.67. The summed E-state index contributed by atoms with van der Waals surface area (Å²) in [5.41, 5.74) is 6.44. The second-order valence-corrected chi connectivity index (χ2v) is 4.14. The largest absolute Gasteiger partial charge is 0.395 e. The van der Waals surface area contributed by atoms with Crippen LogP contribution in [0.25, 0.3) is 0 Å². The Labute approximate surface area is 99.6 Å². The zero-order valence-electron chi connectivity index (χ0n) is 9.74. The van der Waals surface area contributed by atoms with Crippen molar-refractivity contribution in [2.75, 3.05) is 24.2 Å². The number of para-hydroxylation sites is 1. The molecule has 3 N–H and O–H groups in total. The maximum atomic E-state index is 13.4. The van der Waals surface area contributed by atoms with Gasteiger partial charge in [-0.05, 0) is 25.0 Å². The number of likely N-dealkylation sites (N-methyl/N-ethyl adjacent to an activating group) is 1. The second kappa shape index (κ2) is 4.61. The highest BCUT2D eigenvalue weighted by atomic mass is 19.1. The van der Waals surface area contributed by atoms with Crippen molar-refractivity contribution in [3.05, 3.63) is 24.0 Å². The van der Waals surface area contributed by atoms with Gasteiger partial charge in [-0.15, -0.1) is 0 Å². The Morgan fingerprint density at radius 2 is 2.35 bits per heavy atom. The molecule has 0 saturated carbocycles. The van der Waals surface area contributed by atoms with Gasteiger partial charge < -0.3 is 16.0 Å². The first-order valence-corrected chi connectivity index (χ1v) is 5.67. The van der Waals surface area contributed by atoms with Crippen molar-refractivity contribution in [1.29, 1.82) is 0 Å². The molecule has 4 nitrogen and oxygen atoms in total. The third kappa shape index (κ3) is 2.05. The lowest BCUT2D eigenvalue weighted by molar-refractivity contribution is -0.121. The Hall–Kier alpha value is -1.78. The van der Waals surface area contributed by atoms with Crippen LogP contribution in [0.15, 0.2) is 18.2 Å². The molecular weight excluding hydrogens is 221 g/mol. The molecule has 1 atom stereocenters. The molecule has 1 heterocycles. The zero-order chi connectivity index (χ0) is 12.4. The first kappa shape index (κ1) is 11.7. The molecule has 0 aromatic heterocycles. The number of hydrogen-bond donors (Lipinski definition) is 2. The number of nitrogens with two attached hydrogens (primary N) is 1. The monoisotopic (exact) mass is 237 g/mol. The number of hydrogen-bond acceptors (Lipinski definition) is 3. The molecule has 1 saturated heterocycles. The molecule has 17 heavy (non-hydrogen) atoms. The number of carbonyl (C=O) groups is 1. The van der Waals surface area contributed by atoms with E-state index >= 15 is 0 Å². The number of halogens is 1. The van der Waals surface area contributed by atoms with E-state index in [1.807, 2.05) is 4.90 Å². The van der Waals surface area contributed by atoms with Gasteiger partial charge in [0.05, 0.1) is 11.4 Å². The van der Waals surface area contributed by atoms with Gasteiger partial charge in [0, 0.05) is 13.6 Å². The van der Waals surface area contributed by atoms with Crippen molar-refractivity contribution < 1.29 is 9.18 Å². The Balaban J connectivity index is 2.32. The minimum atomic E-state index is -0.440. The minimum Gasteiger partial charge on any atom is -0.395 e. The number of nitrogen functional groups attached to an aromatic ring is 1. The van der Waals surface area contributed by atoms with Crippen molar-refractivity contribution in [1.82, 2.24) is 5.32 Å². The lowest BCUT2D eigenvalue weighted by Gasteiger charge is -2.26. The fraction of sp³-hybridized carbons (Fsp3) is 0.417. The smallest absolute Gasteiger partial charge is 0.242 e. The molecule has 1 fully saturated rings. The molecule has 0 aliphatic carbocycles. The van der Waals surface area contributed by atoms with Crippen LogP contribution in [0.3, 0.4) is 0 Å². The Bertz CT molecular complexity index is 436. The average Bonchev–Trinajstić information content (AvgIpc) is 2.80. The molecule has 1 unspecified atom stereocenters. The zero-order valence-corrected chi connectivity index (χ0v) is 9.74. The van der Waals surface area contributed by atoms with Gasteiger partial charge in [-0.2, -0.15) is 0 Å². The summed E-state index contributed by atoms with van der Waals surface area (Å²) in [5.74, 6) is -0.490. The summed E-state index contributed by atoms with van der Waals surface area (Å²) in [6, 6.07) is 4.44. The molecule has 2 rings (SSSR count). The predicted octanol–water partition coefficient (Wildman–Crippen LogP) is 1.12. The van der Waals surface area contributed by atoms with E-state index in [0.29, 0.717) is 5.69 Å². The van der Waals surface area contributed by atoms with Crippen molar-refractivity contribution in [3.63, 3.8) is 0 Å². The Morgan fingerprint density at radius 1 is 1.59 bits per heavy atom. The number of benzene rings is 1. The first-order chi connectivity index (χ1) is 8.15. The second-order valence-electron chi connectivity index (χ2n) is 4.14. The van der Waals surface area contributed by atoms with Gasteiger partial charge in [-0.1, -0.05) is 6.07 Å². The highest BCUT2D eigenvalue weighted by molar-refractivity contribution is 5.87. The normalized spacial score (nSPS) is 19.4. The van der Waals surface area contributed by atoms with Crippen molar-refractivity contribution in [3.8, 4) is 0 Å². The summed E-state index contributed by atoms with van der Waals surface area (Å²) in [6.07, 6.45) is 1.68. The number of carbonyl (C=O) groups excluding carboxylic acids is 1. The topological polar surface area (TPSA) is 58.4 Å². The maximum absolute atomic E-state index is 13.4. The predicted molar refractivity (Wildman–Crippen MR) is 65.2 cm³/mol. The molecule has 1 aromatic carbocycles. The highest BCUT2D eigenvalue weighted by Gasteiger charge is 2.31. The molecule has 1 aliphatic heterocycles. The molecule has 1 amide bonds. The molecule has 92 valence electrons. The summed E-state index contributed by atoms with van der Waals surface area (Å²) in [4.78, 5) is 13.6. The van der Waals surface area contributed by atoms with E-state index in [9.17, 15) is 9.18 Å². The summed E-state index contributed by atoms with van der Waals surface area (Å²) >= 11 is 0. The van der Waals surface area contributed by atoms with Crippen LogP contribution in [-0.4, -0.2) is 25.5 Å². The third-order valence-corrected chi connectivity index (χ3v) is 3.14. The average molecular weight is 237 g/mol. The van der Waals surface area contributed by atoms with Crippen LogP contribution in [-0.2, 0) is 4.79 Å². The number of nitrogens with one attached hydrogen (secondary N) is 1. The van der Waals surface area contributed by atoms with Crippen LogP contribution in [0.5, 0.6) is 0 Å². The van der Waals surface area contributed by atoms with E-state index in [1.54, 1.807) is 19.2 Å². The van der Waals surface area contributed by atoms with Crippen LogP contribution in [0.1, 0.15) is 12.8 Å². The maximum Gasteiger partial charge on any atom is 0.242 e. The molecule has 1 aliphatic rings. The molecular formula is C12H16FN3O. The van der Waals surface area contributed by atoms with E-state index in [1.165, 1.54) is 6.07 Å². The molecule has 0 spiro atoms. The summed E-state index contributed by atoms with van der Waals surface area (Å²) in [6.45, 7) is 0.728. The van der Waals surface area contributed by atoms with Gasteiger partial charge in [0.2, 0.25) is 5.91 Å². The van der Waals surface area contributed by atoms with Crippen LogP contribution >= 0.6 is 0 Å². The van der Waals surface area contributed by atoms with E-state index in [2.05, 4.69) is 5.32 Å². The van der Waals surface area contributed by atoms with Crippen LogP contribution in [0, 0.1) is 5.82 Å². The SMILES string of the molecule is CNC(=O)C1CCCN1c1cccc(F)c1N. The lowest BCUT2D eigenvalue weighted by atomic mass is 10.1. The minimum absolute atomic E-state index is 0.0499. The van der Waals surface area contributed by atoms with Gasteiger partial charge in [-0.25, -0.2) is 4.39 Å². The van der Waals surface area contributed by atoms with Gasteiger partial charge >= 0.3 is 0 Å². The molecule has 0 radical (unpaired) electrons. The van der Waals surface area contributed by atoms with Gasteiger partial charge in [0.15, 0.2) is 0 Å². The van der Waals surface area contributed by atoms with Crippen molar-refractivity contribution in [2.45, 2.75) is 18.9 Å². The number of nitrogens with zero attached hydrogens (tertiary/aromatic N) is 1. The molecule has 0 bridgehead atoms. The summed E-state index contributed by atoms with van der Waals surface area (Å²) < 4.78 is 13.4. The van der Waals surface area contributed by atoms with E-state index < -0.39 is 5.82 Å². The van der Waals surface area contributed by atoms with Gasteiger partial charge in [0.1, 0.15) is 11.9 Å². The standard InChI is InChI=1S/C12H16FN3O/c1-15-12(17)10-6-3-7-16(10)9-5-2-4-8(13)11(9)14/h2,4-5,10H,3,6-7,14H2,1H3,(H,15,17). The van der Waals surface area contributed by atoms with E-state index in [0.717, 1.165) is 19.4 Å². The third-order valence-electron chi connectivity index (χ3n) is 3.14. The fourth-order valence-corrected chi connectivity index (χ4v) is 2.27. The van der Waals surface area contributed by atoms with Gasteiger partial charge in [0.25, 0.3) is 0 Å². The van der Waals surface area contributed by atoms with Crippen molar-refractivity contribution >= 4 is 17.3 Å². The lowest BCUT2D eigenvalue weighted by Crippen LogP contribution is -2.42. The van der Waals surface area contributed by atoms with E-state index in [-0.39, 0.29) is 17.6 Å². The van der Waals surface area contributed by atoms with Crippen LogP contribution in [0.2, 0.25) is 0 Å². The van der Waals surface area contributed by atoms with E-state index in [4.69, 9.17) is 5.73 Å². The Morgan fingerprint density at radius 3 is 3.06 bits per heavy atom. The summed E-state index contributed by atoms with van der Waals surface area (Å²) in [5, 5.41) is 2.63. The van der Waals surface area contributed by atoms with Crippen LogP contribution < -0.4 is 16.0 Å². The number of anilines is 2. The Kier molecular flexibility index (Phi) is 3.17. The molecule has 5 heteroatoms. The quantitative estimate of drug-likeness (QED) is 0.758. The van der Waals surface area contributed by atoms with Gasteiger partial charge in [-0.3, -0.25) is 4.79 Å². The number of rotatable bonds is 2. The highest BCUT2D eigenvalue weighted by Crippen LogP contribution is 2.31. The summed E-state index contributed by atoms with van der Waals surface area (Å²) in [7, 11) is 1.60. The van der Waals surface area contributed by atoms with Crippen molar-refractivity contribution in [2.24, 2.45) is 0 Å².